The first-order valence-electron chi connectivity index (χ1n) is 4.20. The SMILES string of the molecule is Nc1ccc(C(=O)O)cc1C#CCC=O. The molecule has 0 saturated carbocycles. The maximum Gasteiger partial charge on any atom is 0.335 e. The molecule has 0 bridgehead atoms. The predicted molar refractivity (Wildman–Crippen MR) is 55.4 cm³/mol. The van der Waals surface area contributed by atoms with Crippen molar-refractivity contribution in [2.24, 2.45) is 0 Å². The smallest absolute Gasteiger partial charge is 0.335 e. The Morgan fingerprint density at radius 1 is 1.53 bits per heavy atom. The second-order valence-electron chi connectivity index (χ2n) is 2.78. The number of carboxylic acid groups (broad SMARTS) is 1. The molecule has 0 aliphatic rings. The molecular weight excluding hydrogens is 194 g/mol. The molecule has 0 aliphatic carbocycles. The van der Waals surface area contributed by atoms with E-state index >= 15 is 0 Å². The lowest BCUT2D eigenvalue weighted by molar-refractivity contribution is -0.107. The molecule has 1 aromatic rings. The fraction of sp³-hybridized carbons (Fsp3) is 0.0909. The Morgan fingerprint density at radius 3 is 2.87 bits per heavy atom. The van der Waals surface area contributed by atoms with Crippen molar-refractivity contribution in [3.8, 4) is 11.8 Å². The molecule has 1 aromatic carbocycles. The van der Waals surface area contributed by atoms with Crippen LogP contribution in [0.15, 0.2) is 18.2 Å². The van der Waals surface area contributed by atoms with Crippen molar-refractivity contribution in [3.05, 3.63) is 29.3 Å². The van der Waals surface area contributed by atoms with Gasteiger partial charge in [0.1, 0.15) is 6.29 Å². The molecule has 0 aliphatic heterocycles. The number of carbonyl (C=O) groups excluding carboxylic acids is 1. The van der Waals surface area contributed by atoms with Crippen molar-refractivity contribution < 1.29 is 14.7 Å². The van der Waals surface area contributed by atoms with Gasteiger partial charge in [-0.15, -0.1) is 0 Å². The lowest BCUT2D eigenvalue weighted by Gasteiger charge is -1.99. The molecule has 1 rings (SSSR count). The van der Waals surface area contributed by atoms with Crippen LogP contribution in [0.5, 0.6) is 0 Å². The summed E-state index contributed by atoms with van der Waals surface area (Å²) in [5, 5.41) is 8.73. The van der Waals surface area contributed by atoms with Crippen LogP contribution in [0.2, 0.25) is 0 Å². The monoisotopic (exact) mass is 203 g/mol. The molecule has 76 valence electrons. The summed E-state index contributed by atoms with van der Waals surface area (Å²) in [4.78, 5) is 20.7. The molecule has 0 saturated heterocycles. The highest BCUT2D eigenvalue weighted by Gasteiger charge is 2.04. The van der Waals surface area contributed by atoms with Gasteiger partial charge in [0.2, 0.25) is 0 Å². The van der Waals surface area contributed by atoms with Gasteiger partial charge < -0.3 is 15.6 Å². The summed E-state index contributed by atoms with van der Waals surface area (Å²) in [5.74, 6) is 4.17. The fourth-order valence-electron chi connectivity index (χ4n) is 0.985. The van der Waals surface area contributed by atoms with Gasteiger partial charge in [0.25, 0.3) is 0 Å². The van der Waals surface area contributed by atoms with Crippen molar-refractivity contribution in [1.29, 1.82) is 0 Å². The van der Waals surface area contributed by atoms with Gasteiger partial charge in [0, 0.05) is 11.3 Å². The Bertz CT molecular complexity index is 455. The Labute approximate surface area is 86.7 Å². The van der Waals surface area contributed by atoms with Gasteiger partial charge in [-0.2, -0.15) is 0 Å². The standard InChI is InChI=1S/C11H9NO3/c12-10-5-4-9(11(14)15)7-8(10)3-1-2-6-13/h4-7H,2,12H2,(H,14,15). The number of nitrogens with two attached hydrogens (primary N) is 1. The summed E-state index contributed by atoms with van der Waals surface area (Å²) < 4.78 is 0. The Morgan fingerprint density at radius 2 is 2.27 bits per heavy atom. The molecule has 0 heterocycles. The maximum atomic E-state index is 10.6. The van der Waals surface area contributed by atoms with Crippen LogP contribution in [0.1, 0.15) is 22.3 Å². The molecule has 0 unspecified atom stereocenters. The second kappa shape index (κ2) is 4.82. The molecule has 4 heteroatoms. The Balaban J connectivity index is 3.07. The quantitative estimate of drug-likeness (QED) is 0.425. The molecule has 0 radical (unpaired) electrons. The number of carbonyl (C=O) groups is 2. The number of carboxylic acids is 1. The van der Waals surface area contributed by atoms with Gasteiger partial charge >= 0.3 is 5.97 Å². The minimum absolute atomic E-state index is 0.108. The minimum atomic E-state index is -1.03. The second-order valence-corrected chi connectivity index (χ2v) is 2.78. The van der Waals surface area contributed by atoms with Crippen LogP contribution in [0, 0.1) is 11.8 Å². The van der Waals surface area contributed by atoms with Crippen molar-refractivity contribution in [2.45, 2.75) is 6.42 Å². The molecule has 0 aromatic heterocycles. The summed E-state index contributed by atoms with van der Waals surface area (Å²) in [6.45, 7) is 0. The van der Waals surface area contributed by atoms with E-state index in [4.69, 9.17) is 10.8 Å². The molecule has 3 N–H and O–H groups in total. The first-order chi connectivity index (χ1) is 7.15. The average molecular weight is 203 g/mol. The summed E-state index contributed by atoms with van der Waals surface area (Å²) in [7, 11) is 0. The molecule has 0 fully saturated rings. The number of anilines is 1. The highest BCUT2D eigenvalue weighted by atomic mass is 16.4. The summed E-state index contributed by atoms with van der Waals surface area (Å²) in [6.07, 6.45) is 0.779. The summed E-state index contributed by atoms with van der Waals surface area (Å²) >= 11 is 0. The zero-order valence-corrected chi connectivity index (χ0v) is 7.86. The van der Waals surface area contributed by atoms with Gasteiger partial charge in [-0.3, -0.25) is 0 Å². The van der Waals surface area contributed by atoms with E-state index in [1.165, 1.54) is 18.2 Å². The number of aldehydes is 1. The van der Waals surface area contributed by atoms with Crippen molar-refractivity contribution in [1.82, 2.24) is 0 Å². The number of aromatic carboxylic acids is 1. The maximum absolute atomic E-state index is 10.6. The van der Waals surface area contributed by atoms with E-state index in [-0.39, 0.29) is 12.0 Å². The van der Waals surface area contributed by atoms with Crippen LogP contribution in [-0.4, -0.2) is 17.4 Å². The highest BCUT2D eigenvalue weighted by Crippen LogP contribution is 2.12. The highest BCUT2D eigenvalue weighted by molar-refractivity contribution is 5.89. The third-order valence-corrected chi connectivity index (χ3v) is 1.71. The number of hydrogen-bond acceptors (Lipinski definition) is 3. The van der Waals surface area contributed by atoms with E-state index in [1.807, 2.05) is 0 Å². The van der Waals surface area contributed by atoms with Gasteiger partial charge in [-0.25, -0.2) is 4.79 Å². The topological polar surface area (TPSA) is 80.4 Å². The Kier molecular flexibility index (Phi) is 3.47. The number of nitrogen functional groups attached to an aromatic ring is 1. The van der Waals surface area contributed by atoms with Crippen LogP contribution in [0.25, 0.3) is 0 Å². The van der Waals surface area contributed by atoms with Crippen molar-refractivity contribution in [3.63, 3.8) is 0 Å². The van der Waals surface area contributed by atoms with Crippen LogP contribution >= 0.6 is 0 Å². The Hall–Kier alpha value is -2.28. The largest absolute Gasteiger partial charge is 0.478 e. The van der Waals surface area contributed by atoms with Gasteiger partial charge in [0.15, 0.2) is 0 Å². The predicted octanol–water partition coefficient (Wildman–Crippen LogP) is 0.907. The number of rotatable bonds is 2. The van der Waals surface area contributed by atoms with E-state index in [1.54, 1.807) is 0 Å². The molecule has 15 heavy (non-hydrogen) atoms. The van der Waals surface area contributed by atoms with E-state index in [2.05, 4.69) is 11.8 Å². The molecule has 0 amide bonds. The van der Waals surface area contributed by atoms with E-state index in [9.17, 15) is 9.59 Å². The minimum Gasteiger partial charge on any atom is -0.478 e. The zero-order chi connectivity index (χ0) is 11.3. The van der Waals surface area contributed by atoms with Crippen molar-refractivity contribution in [2.75, 3.05) is 5.73 Å². The summed E-state index contributed by atoms with van der Waals surface area (Å²) in [5.41, 5.74) is 6.54. The van der Waals surface area contributed by atoms with Crippen LogP contribution in [0.4, 0.5) is 5.69 Å². The van der Waals surface area contributed by atoms with E-state index < -0.39 is 5.97 Å². The molecule has 4 nitrogen and oxygen atoms in total. The van der Waals surface area contributed by atoms with Gasteiger partial charge in [0.05, 0.1) is 12.0 Å². The van der Waals surface area contributed by atoms with Crippen LogP contribution in [0.3, 0.4) is 0 Å². The lowest BCUT2D eigenvalue weighted by Crippen LogP contribution is -1.99. The fourth-order valence-corrected chi connectivity index (χ4v) is 0.985. The van der Waals surface area contributed by atoms with Gasteiger partial charge in [-0.1, -0.05) is 11.8 Å². The van der Waals surface area contributed by atoms with E-state index in [0.29, 0.717) is 17.5 Å². The van der Waals surface area contributed by atoms with Crippen molar-refractivity contribution >= 4 is 17.9 Å². The van der Waals surface area contributed by atoms with Crippen LogP contribution in [-0.2, 0) is 4.79 Å². The normalized spacial score (nSPS) is 8.80. The number of hydrogen-bond donors (Lipinski definition) is 2. The lowest BCUT2D eigenvalue weighted by atomic mass is 10.1. The first kappa shape index (κ1) is 10.8. The number of benzene rings is 1. The van der Waals surface area contributed by atoms with Crippen LogP contribution < -0.4 is 5.73 Å². The zero-order valence-electron chi connectivity index (χ0n) is 7.86. The third kappa shape index (κ3) is 2.85. The van der Waals surface area contributed by atoms with E-state index in [0.717, 1.165) is 0 Å². The third-order valence-electron chi connectivity index (χ3n) is 1.71. The average Bonchev–Trinajstić information content (AvgIpc) is 2.20. The molecular formula is C11H9NO3. The first-order valence-corrected chi connectivity index (χ1v) is 4.20. The molecule has 0 atom stereocenters. The molecule has 0 spiro atoms. The summed E-state index contributed by atoms with van der Waals surface area (Å²) in [6, 6.07) is 4.27. The van der Waals surface area contributed by atoms with Gasteiger partial charge in [-0.05, 0) is 18.2 Å².